The van der Waals surface area contributed by atoms with Crippen LogP contribution >= 0.6 is 0 Å². The van der Waals surface area contributed by atoms with E-state index in [0.29, 0.717) is 5.69 Å². The van der Waals surface area contributed by atoms with E-state index in [1.54, 1.807) is 0 Å². The summed E-state index contributed by atoms with van der Waals surface area (Å²) in [6.45, 7) is 2.80. The zero-order valence-corrected chi connectivity index (χ0v) is 9.72. The number of benzene rings is 1. The fourth-order valence-electron chi connectivity index (χ4n) is 1.71. The quantitative estimate of drug-likeness (QED) is 0.759. The number of nitrogens with zero attached hydrogens (tertiary/aromatic N) is 1. The molecule has 1 aromatic heterocycles. The van der Waals surface area contributed by atoms with Crippen LogP contribution in [0.2, 0.25) is 0 Å². The lowest BCUT2D eigenvalue weighted by Crippen LogP contribution is -1.99. The van der Waals surface area contributed by atoms with E-state index in [1.165, 1.54) is 10.6 Å². The van der Waals surface area contributed by atoms with Gasteiger partial charge in [-0.25, -0.2) is 4.57 Å². The van der Waals surface area contributed by atoms with Crippen LogP contribution in [0, 0.1) is 0 Å². The predicted molar refractivity (Wildman–Crippen MR) is 67.9 cm³/mol. The van der Waals surface area contributed by atoms with E-state index < -0.39 is 0 Å². The van der Waals surface area contributed by atoms with Crippen molar-refractivity contribution in [3.63, 3.8) is 0 Å². The Kier molecular flexibility index (Phi) is 3.23. The molecule has 0 saturated heterocycles. The highest BCUT2D eigenvalue weighted by Crippen LogP contribution is 2.35. The Labute approximate surface area is 100 Å². The largest absolute Gasteiger partial charge is 0.494 e. The first-order valence-electron chi connectivity index (χ1n) is 5.67. The number of para-hydroxylation sites is 1. The summed E-state index contributed by atoms with van der Waals surface area (Å²) in [4.78, 5) is 0. The second kappa shape index (κ2) is 4.82. The second-order valence-corrected chi connectivity index (χ2v) is 3.84. The number of rotatable bonds is 4. The van der Waals surface area contributed by atoms with Crippen LogP contribution in [0.25, 0.3) is 5.69 Å². The van der Waals surface area contributed by atoms with Gasteiger partial charge in [0.15, 0.2) is 0 Å². The Balaban J connectivity index is 2.38. The first-order valence-corrected chi connectivity index (χ1v) is 5.67. The minimum absolute atomic E-state index is 0.0207. The van der Waals surface area contributed by atoms with Crippen LogP contribution in [-0.4, -0.2) is 21.3 Å². The van der Waals surface area contributed by atoms with Gasteiger partial charge in [-0.15, -0.1) is 0 Å². The van der Waals surface area contributed by atoms with Crippen molar-refractivity contribution in [2.24, 2.45) is 0 Å². The summed E-state index contributed by atoms with van der Waals surface area (Å²) in [5.74, 6) is 0.0504. The van der Waals surface area contributed by atoms with Crippen molar-refractivity contribution >= 4 is 5.69 Å². The van der Waals surface area contributed by atoms with Gasteiger partial charge in [-0.05, 0) is 18.6 Å². The van der Waals surface area contributed by atoms with Gasteiger partial charge >= 0.3 is 0 Å². The van der Waals surface area contributed by atoms with Crippen molar-refractivity contribution in [3.8, 4) is 17.4 Å². The maximum Gasteiger partial charge on any atom is 0.222 e. The summed E-state index contributed by atoms with van der Waals surface area (Å²) < 4.78 is 1.40. The van der Waals surface area contributed by atoms with Crippen molar-refractivity contribution in [1.29, 1.82) is 0 Å². The Hall–Kier alpha value is -2.10. The van der Waals surface area contributed by atoms with Gasteiger partial charge < -0.3 is 15.5 Å². The minimum atomic E-state index is 0.0207. The Bertz CT molecular complexity index is 492. The number of aromatic hydroxyl groups is 2. The number of nitrogens with one attached hydrogen (secondary N) is 1. The zero-order valence-electron chi connectivity index (χ0n) is 9.72. The third kappa shape index (κ3) is 2.20. The average molecular weight is 232 g/mol. The van der Waals surface area contributed by atoms with Crippen LogP contribution in [0.15, 0.2) is 36.4 Å². The Morgan fingerprint density at radius 2 is 1.88 bits per heavy atom. The van der Waals surface area contributed by atoms with Gasteiger partial charge in [-0.1, -0.05) is 25.1 Å². The predicted octanol–water partition coefficient (Wildman–Crippen LogP) is 2.71. The summed E-state index contributed by atoms with van der Waals surface area (Å²) in [7, 11) is 0. The second-order valence-electron chi connectivity index (χ2n) is 3.84. The van der Waals surface area contributed by atoms with Crippen LogP contribution in [0.3, 0.4) is 0 Å². The monoisotopic (exact) mass is 232 g/mol. The molecule has 0 spiro atoms. The molecule has 1 heterocycles. The lowest BCUT2D eigenvalue weighted by Gasteiger charge is -2.07. The molecule has 90 valence electrons. The van der Waals surface area contributed by atoms with Crippen molar-refractivity contribution in [1.82, 2.24) is 4.57 Å². The lowest BCUT2D eigenvalue weighted by molar-refractivity contribution is 0.403. The molecule has 0 saturated carbocycles. The summed E-state index contributed by atoms with van der Waals surface area (Å²) in [5, 5.41) is 22.9. The molecule has 0 bridgehead atoms. The van der Waals surface area contributed by atoms with Gasteiger partial charge in [0.1, 0.15) is 5.69 Å². The van der Waals surface area contributed by atoms with E-state index in [0.717, 1.165) is 18.7 Å². The van der Waals surface area contributed by atoms with Crippen LogP contribution in [-0.2, 0) is 0 Å². The molecule has 0 aliphatic heterocycles. The molecule has 0 radical (unpaired) electrons. The molecule has 3 N–H and O–H groups in total. The van der Waals surface area contributed by atoms with E-state index >= 15 is 0 Å². The van der Waals surface area contributed by atoms with Gasteiger partial charge in [-0.3, -0.25) is 0 Å². The summed E-state index contributed by atoms with van der Waals surface area (Å²) in [6, 6.07) is 10.8. The normalized spacial score (nSPS) is 10.4. The van der Waals surface area contributed by atoms with Gasteiger partial charge in [0, 0.05) is 12.6 Å². The first kappa shape index (κ1) is 11.4. The van der Waals surface area contributed by atoms with Crippen LogP contribution in [0.1, 0.15) is 13.3 Å². The topological polar surface area (TPSA) is 57.4 Å². The Morgan fingerprint density at radius 3 is 2.53 bits per heavy atom. The molecule has 4 nitrogen and oxygen atoms in total. The molecule has 0 aliphatic carbocycles. The highest BCUT2D eigenvalue weighted by Gasteiger charge is 2.14. The molecule has 0 atom stereocenters. The lowest BCUT2D eigenvalue weighted by atomic mass is 10.3. The summed E-state index contributed by atoms with van der Waals surface area (Å²) >= 11 is 0. The molecule has 0 unspecified atom stereocenters. The highest BCUT2D eigenvalue weighted by molar-refractivity contribution is 5.61. The standard InChI is InChI=1S/C13H16N2O2/c1-2-8-14-11-9-12(16)15(13(11)17)10-6-4-3-5-7-10/h3-7,9,14,16-17H,2,8H2,1H3. The van der Waals surface area contributed by atoms with Crippen molar-refractivity contribution < 1.29 is 10.2 Å². The molecule has 0 amide bonds. The van der Waals surface area contributed by atoms with Gasteiger partial charge in [0.25, 0.3) is 0 Å². The molecule has 17 heavy (non-hydrogen) atoms. The molecule has 0 fully saturated rings. The summed E-state index contributed by atoms with van der Waals surface area (Å²) in [6.07, 6.45) is 0.955. The van der Waals surface area contributed by atoms with Gasteiger partial charge in [0.05, 0.1) is 5.69 Å². The molecule has 1 aromatic carbocycles. The maximum atomic E-state index is 10.0. The number of anilines is 1. The van der Waals surface area contributed by atoms with Crippen LogP contribution < -0.4 is 5.32 Å². The highest BCUT2D eigenvalue weighted by atomic mass is 16.3. The fraction of sp³-hybridized carbons (Fsp3) is 0.231. The van der Waals surface area contributed by atoms with Crippen LogP contribution in [0.5, 0.6) is 11.8 Å². The summed E-state index contributed by atoms with van der Waals surface area (Å²) in [5.41, 5.74) is 1.28. The molecular formula is C13H16N2O2. The third-order valence-electron chi connectivity index (χ3n) is 2.54. The van der Waals surface area contributed by atoms with Crippen molar-refractivity contribution in [2.75, 3.05) is 11.9 Å². The fourth-order valence-corrected chi connectivity index (χ4v) is 1.71. The number of hydrogen-bond donors (Lipinski definition) is 3. The van der Waals surface area contributed by atoms with E-state index in [2.05, 4.69) is 5.32 Å². The Morgan fingerprint density at radius 1 is 1.18 bits per heavy atom. The van der Waals surface area contributed by atoms with Gasteiger partial charge in [-0.2, -0.15) is 0 Å². The molecule has 2 rings (SSSR count). The molecule has 4 heteroatoms. The average Bonchev–Trinajstić information content (AvgIpc) is 2.63. The van der Waals surface area contributed by atoms with E-state index in [-0.39, 0.29) is 11.8 Å². The maximum absolute atomic E-state index is 10.0. The van der Waals surface area contributed by atoms with E-state index in [9.17, 15) is 10.2 Å². The minimum Gasteiger partial charge on any atom is -0.494 e. The van der Waals surface area contributed by atoms with E-state index in [1.807, 2.05) is 37.3 Å². The number of hydrogen-bond acceptors (Lipinski definition) is 3. The molecular weight excluding hydrogens is 216 g/mol. The number of aromatic nitrogens is 1. The first-order chi connectivity index (χ1) is 8.24. The van der Waals surface area contributed by atoms with Crippen molar-refractivity contribution in [3.05, 3.63) is 36.4 Å². The third-order valence-corrected chi connectivity index (χ3v) is 2.54. The smallest absolute Gasteiger partial charge is 0.222 e. The molecule has 0 aliphatic rings. The van der Waals surface area contributed by atoms with Crippen molar-refractivity contribution in [2.45, 2.75) is 13.3 Å². The SMILES string of the molecule is CCCNc1cc(O)n(-c2ccccc2)c1O. The zero-order chi connectivity index (χ0) is 12.3. The molecule has 2 aromatic rings. The van der Waals surface area contributed by atoms with Crippen LogP contribution in [0.4, 0.5) is 5.69 Å². The van der Waals surface area contributed by atoms with Gasteiger partial charge in [0.2, 0.25) is 11.8 Å². The van der Waals surface area contributed by atoms with E-state index in [4.69, 9.17) is 0 Å².